The number of hydrogen-bond acceptors (Lipinski definition) is 5. The number of amides is 1. The number of carbonyl (C=O) groups is 1. The standard InChI is InChI=1S/C17H23N5O2/c1-13-12-21(8-9-24-13)16-5-4-15(10-18-16)11-19-17(23)14(2)22-7-3-6-20-22/h3-7,10,13-14H,8-9,11-12H2,1-2H3,(H,19,23)/t13-,14-/m0/s1. The molecule has 1 aliphatic heterocycles. The number of carbonyl (C=O) groups excluding carboxylic acids is 1. The van der Waals surface area contributed by atoms with Crippen LogP contribution in [0.3, 0.4) is 0 Å². The van der Waals surface area contributed by atoms with E-state index in [1.165, 1.54) is 0 Å². The van der Waals surface area contributed by atoms with Gasteiger partial charge in [0, 0.05) is 38.2 Å². The smallest absolute Gasteiger partial charge is 0.244 e. The molecule has 0 unspecified atom stereocenters. The molecule has 1 amide bonds. The van der Waals surface area contributed by atoms with Crippen molar-refractivity contribution < 1.29 is 9.53 Å². The minimum atomic E-state index is -0.331. The number of hydrogen-bond donors (Lipinski definition) is 1. The van der Waals surface area contributed by atoms with E-state index < -0.39 is 0 Å². The van der Waals surface area contributed by atoms with Gasteiger partial charge >= 0.3 is 0 Å². The number of pyridine rings is 1. The van der Waals surface area contributed by atoms with E-state index in [0.29, 0.717) is 6.54 Å². The van der Waals surface area contributed by atoms with Gasteiger partial charge in [0.05, 0.1) is 12.7 Å². The Morgan fingerprint density at radius 1 is 1.50 bits per heavy atom. The summed E-state index contributed by atoms with van der Waals surface area (Å²) in [5.74, 6) is 0.884. The number of anilines is 1. The van der Waals surface area contributed by atoms with Crippen LogP contribution in [0.5, 0.6) is 0 Å². The fourth-order valence-corrected chi connectivity index (χ4v) is 2.70. The molecule has 3 heterocycles. The molecular weight excluding hydrogens is 306 g/mol. The third kappa shape index (κ3) is 3.91. The lowest BCUT2D eigenvalue weighted by atomic mass is 10.2. The molecule has 3 rings (SSSR count). The van der Waals surface area contributed by atoms with Crippen LogP contribution in [-0.4, -0.2) is 46.5 Å². The first-order valence-corrected chi connectivity index (χ1v) is 8.22. The van der Waals surface area contributed by atoms with Crippen LogP contribution in [0.1, 0.15) is 25.5 Å². The maximum atomic E-state index is 12.2. The normalized spacial score (nSPS) is 19.1. The Bertz CT molecular complexity index is 656. The number of ether oxygens (including phenoxy) is 1. The second-order valence-corrected chi connectivity index (χ2v) is 6.03. The lowest BCUT2D eigenvalue weighted by Gasteiger charge is -2.32. The van der Waals surface area contributed by atoms with Gasteiger partial charge in [0.15, 0.2) is 0 Å². The first-order chi connectivity index (χ1) is 11.6. The van der Waals surface area contributed by atoms with Crippen LogP contribution in [0.15, 0.2) is 36.8 Å². The first kappa shape index (κ1) is 16.4. The Balaban J connectivity index is 1.53. The van der Waals surface area contributed by atoms with E-state index in [2.05, 4.69) is 27.2 Å². The number of nitrogens with zero attached hydrogens (tertiary/aromatic N) is 4. The fraction of sp³-hybridized carbons (Fsp3) is 0.471. The highest BCUT2D eigenvalue weighted by Crippen LogP contribution is 2.15. The molecule has 0 aliphatic carbocycles. The zero-order valence-corrected chi connectivity index (χ0v) is 14.1. The molecule has 1 fully saturated rings. The van der Waals surface area contributed by atoms with Crippen molar-refractivity contribution in [3.05, 3.63) is 42.4 Å². The Morgan fingerprint density at radius 2 is 2.38 bits per heavy atom. The molecule has 1 N–H and O–H groups in total. The van der Waals surface area contributed by atoms with Gasteiger partial charge < -0.3 is 15.0 Å². The van der Waals surface area contributed by atoms with E-state index in [1.54, 1.807) is 23.1 Å². The van der Waals surface area contributed by atoms with Crippen LogP contribution >= 0.6 is 0 Å². The van der Waals surface area contributed by atoms with Gasteiger partial charge in [-0.1, -0.05) is 6.07 Å². The van der Waals surface area contributed by atoms with Crippen molar-refractivity contribution in [3.8, 4) is 0 Å². The van der Waals surface area contributed by atoms with E-state index in [1.807, 2.05) is 25.3 Å². The topological polar surface area (TPSA) is 72.3 Å². The van der Waals surface area contributed by atoms with Crippen molar-refractivity contribution >= 4 is 11.7 Å². The van der Waals surface area contributed by atoms with Crippen LogP contribution in [-0.2, 0) is 16.1 Å². The van der Waals surface area contributed by atoms with Crippen molar-refractivity contribution in [3.63, 3.8) is 0 Å². The van der Waals surface area contributed by atoms with Gasteiger partial charge in [-0.25, -0.2) is 4.98 Å². The van der Waals surface area contributed by atoms with Crippen molar-refractivity contribution in [2.75, 3.05) is 24.6 Å². The minimum Gasteiger partial charge on any atom is -0.375 e. The molecule has 7 heteroatoms. The van der Waals surface area contributed by atoms with Crippen LogP contribution in [0.2, 0.25) is 0 Å². The van der Waals surface area contributed by atoms with Crippen molar-refractivity contribution in [2.45, 2.75) is 32.5 Å². The predicted octanol–water partition coefficient (Wildman–Crippen LogP) is 1.38. The van der Waals surface area contributed by atoms with Gasteiger partial charge in [-0.2, -0.15) is 5.10 Å². The summed E-state index contributed by atoms with van der Waals surface area (Å²) in [6, 6.07) is 5.47. The Kier molecular flexibility index (Phi) is 5.10. The molecule has 2 atom stereocenters. The summed E-state index contributed by atoms with van der Waals surface area (Å²) < 4.78 is 7.18. The van der Waals surface area contributed by atoms with Crippen molar-refractivity contribution in [1.82, 2.24) is 20.1 Å². The number of rotatable bonds is 5. The van der Waals surface area contributed by atoms with E-state index >= 15 is 0 Å². The molecule has 1 aliphatic rings. The highest BCUT2D eigenvalue weighted by Gasteiger charge is 2.18. The molecule has 2 aromatic heterocycles. The maximum Gasteiger partial charge on any atom is 0.244 e. The molecular formula is C17H23N5O2. The average molecular weight is 329 g/mol. The second-order valence-electron chi connectivity index (χ2n) is 6.03. The van der Waals surface area contributed by atoms with Gasteiger partial charge in [-0.15, -0.1) is 0 Å². The SMILES string of the molecule is C[C@H]1CN(c2ccc(CNC(=O)[C@H](C)n3cccn3)cn2)CCO1. The first-order valence-electron chi connectivity index (χ1n) is 8.22. The van der Waals surface area contributed by atoms with Gasteiger partial charge in [0.1, 0.15) is 11.9 Å². The third-order valence-electron chi connectivity index (χ3n) is 4.14. The van der Waals surface area contributed by atoms with Crippen LogP contribution in [0.4, 0.5) is 5.82 Å². The quantitative estimate of drug-likeness (QED) is 0.897. The van der Waals surface area contributed by atoms with Gasteiger partial charge in [0.2, 0.25) is 5.91 Å². The lowest BCUT2D eigenvalue weighted by Crippen LogP contribution is -2.41. The van der Waals surface area contributed by atoms with Crippen LogP contribution < -0.4 is 10.2 Å². The predicted molar refractivity (Wildman–Crippen MR) is 90.6 cm³/mol. The van der Waals surface area contributed by atoms with Crippen LogP contribution in [0, 0.1) is 0 Å². The molecule has 24 heavy (non-hydrogen) atoms. The summed E-state index contributed by atoms with van der Waals surface area (Å²) >= 11 is 0. The summed E-state index contributed by atoms with van der Waals surface area (Å²) in [5, 5.41) is 7.01. The zero-order valence-electron chi connectivity index (χ0n) is 14.1. The molecule has 2 aromatic rings. The Hall–Kier alpha value is -2.41. The molecule has 0 spiro atoms. The van der Waals surface area contributed by atoms with Gasteiger partial charge in [0.25, 0.3) is 0 Å². The molecule has 0 saturated carbocycles. The average Bonchev–Trinajstić information content (AvgIpc) is 3.14. The molecule has 0 aromatic carbocycles. The zero-order chi connectivity index (χ0) is 16.9. The van der Waals surface area contributed by atoms with Crippen LogP contribution in [0.25, 0.3) is 0 Å². The summed E-state index contributed by atoms with van der Waals surface area (Å²) in [4.78, 5) is 18.9. The molecule has 0 bridgehead atoms. The monoisotopic (exact) mass is 329 g/mol. The third-order valence-corrected chi connectivity index (χ3v) is 4.14. The largest absolute Gasteiger partial charge is 0.375 e. The van der Waals surface area contributed by atoms with Crippen molar-refractivity contribution in [2.24, 2.45) is 0 Å². The van der Waals surface area contributed by atoms with E-state index in [0.717, 1.165) is 31.1 Å². The fourth-order valence-electron chi connectivity index (χ4n) is 2.70. The summed E-state index contributed by atoms with van der Waals surface area (Å²) in [6.45, 7) is 6.78. The lowest BCUT2D eigenvalue weighted by molar-refractivity contribution is -0.124. The van der Waals surface area contributed by atoms with Crippen molar-refractivity contribution in [1.29, 1.82) is 0 Å². The highest BCUT2D eigenvalue weighted by atomic mass is 16.5. The number of morpholine rings is 1. The molecule has 128 valence electrons. The number of nitrogens with one attached hydrogen (secondary N) is 1. The van der Waals surface area contributed by atoms with E-state index in [9.17, 15) is 4.79 Å². The molecule has 1 saturated heterocycles. The molecule has 7 nitrogen and oxygen atoms in total. The highest BCUT2D eigenvalue weighted by molar-refractivity contribution is 5.79. The summed E-state index contributed by atoms with van der Waals surface area (Å²) in [6.07, 6.45) is 5.49. The summed E-state index contributed by atoms with van der Waals surface area (Å²) in [5.41, 5.74) is 0.973. The van der Waals surface area contributed by atoms with E-state index in [4.69, 9.17) is 4.74 Å². The number of aromatic nitrogens is 3. The van der Waals surface area contributed by atoms with E-state index in [-0.39, 0.29) is 18.1 Å². The van der Waals surface area contributed by atoms with Gasteiger partial charge in [-0.05, 0) is 31.5 Å². The molecule has 0 radical (unpaired) electrons. The minimum absolute atomic E-state index is 0.0650. The Labute approximate surface area is 141 Å². The Morgan fingerprint density at radius 3 is 3.04 bits per heavy atom. The summed E-state index contributed by atoms with van der Waals surface area (Å²) in [7, 11) is 0. The second kappa shape index (κ2) is 7.44. The van der Waals surface area contributed by atoms with Gasteiger partial charge in [-0.3, -0.25) is 9.48 Å². The maximum absolute atomic E-state index is 12.2.